The van der Waals surface area contributed by atoms with Crippen LogP contribution in [-0.4, -0.2) is 28.4 Å². The summed E-state index contributed by atoms with van der Waals surface area (Å²) in [6.07, 6.45) is 3.73. The van der Waals surface area contributed by atoms with Gasteiger partial charge in [0, 0.05) is 23.5 Å². The van der Waals surface area contributed by atoms with Gasteiger partial charge in [-0.05, 0) is 61.4 Å². The molecule has 23 heavy (non-hydrogen) atoms. The minimum absolute atomic E-state index is 0.123. The minimum Gasteiger partial charge on any atom is -0.481 e. The first-order valence-electron chi connectivity index (χ1n) is 8.25. The van der Waals surface area contributed by atoms with Crippen LogP contribution in [0.3, 0.4) is 0 Å². The van der Waals surface area contributed by atoms with Crippen LogP contribution >= 0.6 is 15.9 Å². The summed E-state index contributed by atoms with van der Waals surface area (Å²) in [5.41, 5.74) is 3.77. The summed E-state index contributed by atoms with van der Waals surface area (Å²) >= 11 is 3.53. The Balaban J connectivity index is 1.73. The first kappa shape index (κ1) is 16.5. The molecule has 2 unspecified atom stereocenters. The van der Waals surface area contributed by atoms with E-state index < -0.39 is 5.97 Å². The molecule has 1 aliphatic heterocycles. The van der Waals surface area contributed by atoms with Gasteiger partial charge in [-0.1, -0.05) is 22.4 Å². The highest BCUT2D eigenvalue weighted by atomic mass is 79.9. The SMILES string of the molecule is Cc1cc(Br)cc2c1CN(C(=O)C1CCCC(C(=O)O)C1)CC2. The number of benzene rings is 1. The van der Waals surface area contributed by atoms with E-state index in [0.717, 1.165) is 30.3 Å². The van der Waals surface area contributed by atoms with E-state index in [4.69, 9.17) is 0 Å². The predicted octanol–water partition coefficient (Wildman–Crippen LogP) is 3.53. The zero-order valence-corrected chi connectivity index (χ0v) is 14.9. The number of carboxylic acids is 1. The summed E-state index contributed by atoms with van der Waals surface area (Å²) in [4.78, 5) is 26.0. The maximum Gasteiger partial charge on any atom is 0.306 e. The molecule has 0 bridgehead atoms. The third kappa shape index (κ3) is 3.44. The number of carboxylic acid groups (broad SMARTS) is 1. The molecule has 5 heteroatoms. The highest BCUT2D eigenvalue weighted by molar-refractivity contribution is 9.10. The number of rotatable bonds is 2. The second-order valence-corrected chi connectivity index (χ2v) is 7.68. The summed E-state index contributed by atoms with van der Waals surface area (Å²) in [5.74, 6) is -1.09. The number of aliphatic carboxylic acids is 1. The van der Waals surface area contributed by atoms with Gasteiger partial charge in [-0.25, -0.2) is 0 Å². The standard InChI is InChI=1S/C18H22BrNO3/c1-11-7-15(19)9-12-5-6-20(10-16(11)12)17(21)13-3-2-4-14(8-13)18(22)23/h7,9,13-14H,2-6,8,10H2,1H3,(H,22,23). The number of carbonyl (C=O) groups is 2. The third-order valence-electron chi connectivity index (χ3n) is 5.21. The quantitative estimate of drug-likeness (QED) is 0.854. The molecule has 3 rings (SSSR count). The number of nitrogens with zero attached hydrogens (tertiary/aromatic N) is 1. The Morgan fingerprint density at radius 1 is 1.26 bits per heavy atom. The van der Waals surface area contributed by atoms with Crippen molar-refractivity contribution in [2.45, 2.75) is 45.6 Å². The largest absolute Gasteiger partial charge is 0.481 e. The van der Waals surface area contributed by atoms with Crippen LogP contribution in [0.25, 0.3) is 0 Å². The van der Waals surface area contributed by atoms with Crippen LogP contribution in [0.15, 0.2) is 16.6 Å². The lowest BCUT2D eigenvalue weighted by Gasteiger charge is -2.35. The van der Waals surface area contributed by atoms with Crippen molar-refractivity contribution in [2.75, 3.05) is 6.54 Å². The molecule has 1 aromatic carbocycles. The van der Waals surface area contributed by atoms with E-state index in [1.54, 1.807) is 0 Å². The Morgan fingerprint density at radius 2 is 2.00 bits per heavy atom. The van der Waals surface area contributed by atoms with Crippen molar-refractivity contribution in [3.05, 3.63) is 33.3 Å². The van der Waals surface area contributed by atoms with E-state index in [9.17, 15) is 14.7 Å². The lowest BCUT2D eigenvalue weighted by molar-refractivity contribution is -0.145. The van der Waals surface area contributed by atoms with Crippen LogP contribution in [-0.2, 0) is 22.6 Å². The fourth-order valence-electron chi connectivity index (χ4n) is 3.90. The van der Waals surface area contributed by atoms with Gasteiger partial charge in [-0.15, -0.1) is 0 Å². The minimum atomic E-state index is -0.757. The van der Waals surface area contributed by atoms with Gasteiger partial charge in [0.1, 0.15) is 0 Å². The van der Waals surface area contributed by atoms with E-state index in [2.05, 4.69) is 35.0 Å². The van der Waals surface area contributed by atoms with E-state index in [1.807, 2.05) is 4.90 Å². The van der Waals surface area contributed by atoms with Gasteiger partial charge in [-0.2, -0.15) is 0 Å². The maximum atomic E-state index is 12.8. The molecular weight excluding hydrogens is 358 g/mol. The summed E-state index contributed by atoms with van der Waals surface area (Å²) in [6, 6.07) is 4.24. The molecule has 1 N–H and O–H groups in total. The Hall–Kier alpha value is -1.36. The van der Waals surface area contributed by atoms with E-state index in [0.29, 0.717) is 19.4 Å². The van der Waals surface area contributed by atoms with Crippen molar-refractivity contribution in [1.29, 1.82) is 0 Å². The molecule has 1 aliphatic carbocycles. The first-order valence-corrected chi connectivity index (χ1v) is 9.04. The Morgan fingerprint density at radius 3 is 2.74 bits per heavy atom. The highest BCUT2D eigenvalue weighted by Crippen LogP contribution is 2.33. The molecule has 0 aromatic heterocycles. The van der Waals surface area contributed by atoms with E-state index >= 15 is 0 Å². The van der Waals surface area contributed by atoms with Crippen LogP contribution in [0.2, 0.25) is 0 Å². The molecule has 1 fully saturated rings. The molecule has 1 amide bonds. The maximum absolute atomic E-state index is 12.8. The van der Waals surface area contributed by atoms with E-state index in [1.165, 1.54) is 16.7 Å². The molecule has 1 heterocycles. The molecule has 124 valence electrons. The Labute approximate surface area is 145 Å². The smallest absolute Gasteiger partial charge is 0.306 e. The summed E-state index contributed by atoms with van der Waals surface area (Å²) < 4.78 is 1.09. The average molecular weight is 380 g/mol. The third-order valence-corrected chi connectivity index (χ3v) is 5.67. The topological polar surface area (TPSA) is 57.6 Å². The number of fused-ring (bicyclic) bond motifs is 1. The summed E-state index contributed by atoms with van der Waals surface area (Å²) in [7, 11) is 0. The number of halogens is 1. The van der Waals surface area contributed by atoms with Gasteiger partial charge >= 0.3 is 5.97 Å². The molecule has 2 aliphatic rings. The van der Waals surface area contributed by atoms with Gasteiger partial charge in [0.25, 0.3) is 0 Å². The van der Waals surface area contributed by atoms with Gasteiger partial charge in [0.2, 0.25) is 5.91 Å². The van der Waals surface area contributed by atoms with E-state index in [-0.39, 0.29) is 17.7 Å². The molecule has 0 spiro atoms. The molecule has 1 aromatic rings. The number of amides is 1. The molecule has 0 radical (unpaired) electrons. The monoisotopic (exact) mass is 379 g/mol. The Bertz CT molecular complexity index is 643. The molecule has 4 nitrogen and oxygen atoms in total. The second-order valence-electron chi connectivity index (χ2n) is 6.77. The van der Waals surface area contributed by atoms with Crippen molar-refractivity contribution < 1.29 is 14.7 Å². The van der Waals surface area contributed by atoms with Gasteiger partial charge in [0.15, 0.2) is 0 Å². The zero-order chi connectivity index (χ0) is 16.6. The molecule has 2 atom stereocenters. The summed E-state index contributed by atoms with van der Waals surface area (Å²) in [6.45, 7) is 3.47. The second kappa shape index (κ2) is 6.63. The summed E-state index contributed by atoms with van der Waals surface area (Å²) in [5, 5.41) is 9.21. The highest BCUT2D eigenvalue weighted by Gasteiger charge is 2.34. The van der Waals surface area contributed by atoms with Crippen molar-refractivity contribution in [3.63, 3.8) is 0 Å². The lowest BCUT2D eigenvalue weighted by Crippen LogP contribution is -2.42. The first-order chi connectivity index (χ1) is 11.0. The fourth-order valence-corrected chi connectivity index (χ4v) is 4.52. The van der Waals surface area contributed by atoms with Gasteiger partial charge < -0.3 is 10.0 Å². The Kier molecular flexibility index (Phi) is 4.76. The van der Waals surface area contributed by atoms with Gasteiger partial charge in [0.05, 0.1) is 5.92 Å². The number of hydrogen-bond acceptors (Lipinski definition) is 2. The number of aryl methyl sites for hydroxylation is 1. The van der Waals surface area contributed by atoms with Crippen molar-refractivity contribution in [1.82, 2.24) is 4.90 Å². The van der Waals surface area contributed by atoms with Crippen LogP contribution < -0.4 is 0 Å². The van der Waals surface area contributed by atoms with Gasteiger partial charge in [-0.3, -0.25) is 9.59 Å². The van der Waals surface area contributed by atoms with Crippen LogP contribution in [0.5, 0.6) is 0 Å². The normalized spacial score (nSPS) is 24.2. The molecule has 0 saturated heterocycles. The molecular formula is C18H22BrNO3. The predicted molar refractivity (Wildman–Crippen MR) is 91.1 cm³/mol. The van der Waals surface area contributed by atoms with Crippen LogP contribution in [0.4, 0.5) is 0 Å². The lowest BCUT2D eigenvalue weighted by atomic mass is 9.80. The van der Waals surface area contributed by atoms with Crippen molar-refractivity contribution in [3.8, 4) is 0 Å². The van der Waals surface area contributed by atoms with Crippen molar-refractivity contribution in [2.24, 2.45) is 11.8 Å². The number of hydrogen-bond donors (Lipinski definition) is 1. The van der Waals surface area contributed by atoms with Crippen LogP contribution in [0, 0.1) is 18.8 Å². The van der Waals surface area contributed by atoms with Crippen LogP contribution in [0.1, 0.15) is 42.4 Å². The number of carbonyl (C=O) groups excluding carboxylic acids is 1. The fraction of sp³-hybridized carbons (Fsp3) is 0.556. The molecule has 1 saturated carbocycles. The van der Waals surface area contributed by atoms with Crippen molar-refractivity contribution >= 4 is 27.8 Å². The zero-order valence-electron chi connectivity index (χ0n) is 13.3. The average Bonchev–Trinajstić information content (AvgIpc) is 2.54.